The van der Waals surface area contributed by atoms with E-state index in [1.165, 1.54) is 0 Å². The second kappa shape index (κ2) is 6.32. The summed E-state index contributed by atoms with van der Waals surface area (Å²) in [6.07, 6.45) is 0. The highest BCUT2D eigenvalue weighted by atomic mass is 32.2. The molecule has 0 saturated carbocycles. The smallest absolute Gasteiger partial charge is 0.326 e. The van der Waals surface area contributed by atoms with Gasteiger partial charge >= 0.3 is 6.03 Å². The lowest BCUT2D eigenvalue weighted by Crippen LogP contribution is -2.41. The van der Waals surface area contributed by atoms with Crippen LogP contribution in [0, 0.1) is 0 Å². The average Bonchev–Trinajstić information content (AvgIpc) is 2.54. The summed E-state index contributed by atoms with van der Waals surface area (Å²) in [5.74, 6) is 0.770. The van der Waals surface area contributed by atoms with Crippen LogP contribution in [-0.4, -0.2) is 24.9 Å². The second-order valence-electron chi connectivity index (χ2n) is 5.17. The molecule has 0 radical (unpaired) electrons. The van der Waals surface area contributed by atoms with E-state index in [2.05, 4.69) is 18.3 Å². The van der Waals surface area contributed by atoms with Crippen LogP contribution < -0.4 is 15.0 Å². The molecule has 0 aliphatic carbocycles. The van der Waals surface area contributed by atoms with Gasteiger partial charge in [0.05, 0.1) is 12.8 Å². The van der Waals surface area contributed by atoms with Crippen LogP contribution in [0.4, 0.5) is 16.2 Å². The zero-order valence-electron chi connectivity index (χ0n) is 12.6. The van der Waals surface area contributed by atoms with Crippen molar-refractivity contribution >= 4 is 29.2 Å². The number of methoxy groups -OCH3 is 1. The molecule has 1 atom stereocenters. The van der Waals surface area contributed by atoms with Gasteiger partial charge in [-0.1, -0.05) is 19.1 Å². The first-order chi connectivity index (χ1) is 10.7. The SMILES string of the molecule is COc1ccc(NC(=O)N2C[C@H](C)Sc3ccccc32)cc1. The lowest BCUT2D eigenvalue weighted by atomic mass is 10.2. The zero-order chi connectivity index (χ0) is 15.5. The molecule has 0 saturated heterocycles. The standard InChI is InChI=1S/C17H18N2O2S/c1-12-11-19(15-5-3-4-6-16(15)22-12)17(20)18-13-7-9-14(21-2)10-8-13/h3-10,12H,11H2,1-2H3,(H,18,20)/t12-/m0/s1. The lowest BCUT2D eigenvalue weighted by Gasteiger charge is -2.32. The third-order valence-corrected chi connectivity index (χ3v) is 4.66. The molecule has 114 valence electrons. The number of ether oxygens (including phenoxy) is 1. The number of thioether (sulfide) groups is 1. The molecule has 2 aromatic rings. The number of nitrogens with zero attached hydrogens (tertiary/aromatic N) is 1. The molecule has 2 aromatic carbocycles. The third-order valence-electron chi connectivity index (χ3n) is 3.51. The minimum absolute atomic E-state index is 0.107. The van der Waals surface area contributed by atoms with Crippen molar-refractivity contribution in [1.29, 1.82) is 0 Å². The maximum atomic E-state index is 12.6. The van der Waals surface area contributed by atoms with Crippen LogP contribution in [-0.2, 0) is 0 Å². The number of amides is 2. The van der Waals surface area contributed by atoms with E-state index >= 15 is 0 Å². The molecular weight excluding hydrogens is 296 g/mol. The van der Waals surface area contributed by atoms with Gasteiger partial charge in [-0.3, -0.25) is 4.90 Å². The number of hydrogen-bond donors (Lipinski definition) is 1. The van der Waals surface area contributed by atoms with E-state index in [0.29, 0.717) is 11.8 Å². The Morgan fingerprint density at radius 1 is 1.23 bits per heavy atom. The van der Waals surface area contributed by atoms with Gasteiger partial charge in [0.15, 0.2) is 0 Å². The Hall–Kier alpha value is -2.14. The van der Waals surface area contributed by atoms with E-state index < -0.39 is 0 Å². The number of anilines is 2. The van der Waals surface area contributed by atoms with Crippen LogP contribution in [0.15, 0.2) is 53.4 Å². The molecule has 0 unspecified atom stereocenters. The molecule has 1 N–H and O–H groups in total. The van der Waals surface area contributed by atoms with Gasteiger partial charge in [0.1, 0.15) is 5.75 Å². The lowest BCUT2D eigenvalue weighted by molar-refractivity contribution is 0.256. The largest absolute Gasteiger partial charge is 0.497 e. The summed E-state index contributed by atoms with van der Waals surface area (Å²) in [6, 6.07) is 15.2. The van der Waals surface area contributed by atoms with E-state index in [1.54, 1.807) is 23.8 Å². The van der Waals surface area contributed by atoms with Crippen molar-refractivity contribution in [3.8, 4) is 5.75 Å². The van der Waals surface area contributed by atoms with Gasteiger partial charge in [-0.25, -0.2) is 4.79 Å². The van der Waals surface area contributed by atoms with Crippen LogP contribution in [0.1, 0.15) is 6.92 Å². The molecule has 2 amide bonds. The summed E-state index contributed by atoms with van der Waals surface area (Å²) in [4.78, 5) is 15.6. The van der Waals surface area contributed by atoms with E-state index in [0.717, 1.165) is 22.0 Å². The fourth-order valence-corrected chi connectivity index (χ4v) is 3.56. The van der Waals surface area contributed by atoms with Crippen molar-refractivity contribution in [2.75, 3.05) is 23.9 Å². The topological polar surface area (TPSA) is 41.6 Å². The van der Waals surface area contributed by atoms with Crippen LogP contribution in [0.25, 0.3) is 0 Å². The molecule has 4 nitrogen and oxygen atoms in total. The molecule has 22 heavy (non-hydrogen) atoms. The van der Waals surface area contributed by atoms with E-state index in [4.69, 9.17) is 4.74 Å². The Kier molecular flexibility index (Phi) is 4.24. The normalized spacial score (nSPS) is 16.8. The average molecular weight is 314 g/mol. The third kappa shape index (κ3) is 3.04. The quantitative estimate of drug-likeness (QED) is 0.902. The number of fused-ring (bicyclic) bond motifs is 1. The summed E-state index contributed by atoms with van der Waals surface area (Å²) in [6.45, 7) is 2.83. The fourth-order valence-electron chi connectivity index (χ4n) is 2.45. The van der Waals surface area contributed by atoms with Crippen LogP contribution >= 0.6 is 11.8 Å². The summed E-state index contributed by atoms with van der Waals surface area (Å²) < 4.78 is 5.13. The van der Waals surface area contributed by atoms with Crippen molar-refractivity contribution < 1.29 is 9.53 Å². The molecule has 1 aliphatic heterocycles. The molecule has 0 aromatic heterocycles. The molecule has 5 heteroatoms. The van der Waals surface area contributed by atoms with Crippen LogP contribution in [0.2, 0.25) is 0 Å². The molecule has 0 spiro atoms. The van der Waals surface area contributed by atoms with Gasteiger partial charge in [0.25, 0.3) is 0 Å². The van der Waals surface area contributed by atoms with Crippen molar-refractivity contribution in [2.24, 2.45) is 0 Å². The number of urea groups is 1. The maximum Gasteiger partial charge on any atom is 0.326 e. The number of rotatable bonds is 2. The maximum absolute atomic E-state index is 12.6. The number of carbonyl (C=O) groups is 1. The number of carbonyl (C=O) groups excluding carboxylic acids is 1. The highest BCUT2D eigenvalue weighted by molar-refractivity contribution is 8.00. The Labute approximate surface area is 134 Å². The molecule has 3 rings (SSSR count). The van der Waals surface area contributed by atoms with Crippen molar-refractivity contribution in [2.45, 2.75) is 17.1 Å². The van der Waals surface area contributed by atoms with Crippen molar-refractivity contribution in [1.82, 2.24) is 0 Å². The Balaban J connectivity index is 1.79. The first-order valence-corrected chi connectivity index (χ1v) is 8.03. The minimum Gasteiger partial charge on any atom is -0.497 e. The van der Waals surface area contributed by atoms with Gasteiger partial charge in [-0.05, 0) is 36.4 Å². The fraction of sp³-hybridized carbons (Fsp3) is 0.235. The number of para-hydroxylation sites is 1. The summed E-state index contributed by atoms with van der Waals surface area (Å²) in [7, 11) is 1.62. The Bertz CT molecular complexity index is 673. The van der Waals surface area contributed by atoms with Gasteiger partial charge in [0.2, 0.25) is 0 Å². The summed E-state index contributed by atoms with van der Waals surface area (Å²) in [5, 5.41) is 3.32. The van der Waals surface area contributed by atoms with Crippen molar-refractivity contribution in [3.05, 3.63) is 48.5 Å². The van der Waals surface area contributed by atoms with E-state index in [1.807, 2.05) is 42.5 Å². The molecule has 1 aliphatic rings. The highest BCUT2D eigenvalue weighted by Crippen LogP contribution is 2.38. The summed E-state index contributed by atoms with van der Waals surface area (Å²) >= 11 is 1.81. The molecule has 1 heterocycles. The van der Waals surface area contributed by atoms with Crippen molar-refractivity contribution in [3.63, 3.8) is 0 Å². The predicted octanol–water partition coefficient (Wildman–Crippen LogP) is 4.23. The van der Waals surface area contributed by atoms with Gasteiger partial charge < -0.3 is 10.1 Å². The molecule has 0 bridgehead atoms. The van der Waals surface area contributed by atoms with E-state index in [9.17, 15) is 4.79 Å². The Morgan fingerprint density at radius 3 is 2.68 bits per heavy atom. The first kappa shape index (κ1) is 14.8. The highest BCUT2D eigenvalue weighted by Gasteiger charge is 2.26. The number of benzene rings is 2. The van der Waals surface area contributed by atoms with Gasteiger partial charge in [-0.15, -0.1) is 11.8 Å². The number of nitrogens with one attached hydrogen (secondary N) is 1. The molecule has 0 fully saturated rings. The van der Waals surface area contributed by atoms with Crippen LogP contribution in [0.3, 0.4) is 0 Å². The molecular formula is C17H18N2O2S. The minimum atomic E-state index is -0.107. The Morgan fingerprint density at radius 2 is 1.95 bits per heavy atom. The predicted molar refractivity (Wildman–Crippen MR) is 91.1 cm³/mol. The van der Waals surface area contributed by atoms with Crippen LogP contribution in [0.5, 0.6) is 5.75 Å². The second-order valence-corrected chi connectivity index (χ2v) is 6.65. The first-order valence-electron chi connectivity index (χ1n) is 7.15. The van der Waals surface area contributed by atoms with Gasteiger partial charge in [-0.2, -0.15) is 0 Å². The zero-order valence-corrected chi connectivity index (χ0v) is 13.4. The summed E-state index contributed by atoms with van der Waals surface area (Å²) in [5.41, 5.74) is 1.73. The van der Waals surface area contributed by atoms with E-state index in [-0.39, 0.29) is 6.03 Å². The number of hydrogen-bond acceptors (Lipinski definition) is 3. The monoisotopic (exact) mass is 314 g/mol. The van der Waals surface area contributed by atoms with Gasteiger partial charge in [0, 0.05) is 22.4 Å².